The Labute approximate surface area is 105 Å². The van der Waals surface area contributed by atoms with Crippen LogP contribution in [0.3, 0.4) is 0 Å². The molecule has 1 aliphatic rings. The molecule has 0 amide bonds. The van der Waals surface area contributed by atoms with Gasteiger partial charge in [-0.3, -0.25) is 9.29 Å². The van der Waals surface area contributed by atoms with Crippen LogP contribution in [0, 0.1) is 11.6 Å². The number of nitrogens with one attached hydrogen (secondary N) is 1. The van der Waals surface area contributed by atoms with Gasteiger partial charge in [0.1, 0.15) is 0 Å². The zero-order valence-corrected chi connectivity index (χ0v) is 10.1. The topological polar surface area (TPSA) is 15.3 Å². The molecule has 2 rings (SSSR count). The quantitative estimate of drug-likeness (QED) is 0.891. The first-order valence-electron chi connectivity index (χ1n) is 6.18. The van der Waals surface area contributed by atoms with Gasteiger partial charge in [0.25, 0.3) is 0 Å². The molecule has 1 saturated heterocycles. The highest BCUT2D eigenvalue weighted by Crippen LogP contribution is 2.28. The highest BCUT2D eigenvalue weighted by atomic mass is 19.2. The second-order valence-electron chi connectivity index (χ2n) is 4.42. The Hall–Kier alpha value is -1.07. The van der Waals surface area contributed by atoms with Crippen molar-refractivity contribution in [2.24, 2.45) is 0 Å². The van der Waals surface area contributed by atoms with E-state index in [1.165, 1.54) is 6.07 Å². The standard InChI is InChI=1S/C13H17F3N2/c14-5-4-12(18-8-6-17-7-9-18)10-2-1-3-11(15)13(10)16/h1-3,12,17H,4-9H2/t12-/m0/s1. The molecule has 1 aliphatic heterocycles. The lowest BCUT2D eigenvalue weighted by molar-refractivity contribution is 0.153. The van der Waals surface area contributed by atoms with E-state index in [2.05, 4.69) is 5.32 Å². The van der Waals surface area contributed by atoms with Gasteiger partial charge < -0.3 is 5.32 Å². The van der Waals surface area contributed by atoms with Crippen molar-refractivity contribution < 1.29 is 13.2 Å². The minimum Gasteiger partial charge on any atom is -0.314 e. The normalized spacial score (nSPS) is 18.8. The summed E-state index contributed by atoms with van der Waals surface area (Å²) in [6, 6.07) is 3.72. The Morgan fingerprint density at radius 3 is 2.61 bits per heavy atom. The van der Waals surface area contributed by atoms with Crippen molar-refractivity contribution in [3.05, 3.63) is 35.4 Å². The average Bonchev–Trinajstić information content (AvgIpc) is 2.41. The predicted molar refractivity (Wildman–Crippen MR) is 64.1 cm³/mol. The summed E-state index contributed by atoms with van der Waals surface area (Å²) in [6.07, 6.45) is 0.195. The van der Waals surface area contributed by atoms with Crippen LogP contribution in [0.1, 0.15) is 18.0 Å². The van der Waals surface area contributed by atoms with Gasteiger partial charge in [0.2, 0.25) is 0 Å². The minimum absolute atomic E-state index is 0.195. The highest BCUT2D eigenvalue weighted by Gasteiger charge is 2.25. The van der Waals surface area contributed by atoms with E-state index in [4.69, 9.17) is 0 Å². The molecule has 1 aromatic rings. The van der Waals surface area contributed by atoms with Crippen LogP contribution in [0.15, 0.2) is 18.2 Å². The summed E-state index contributed by atoms with van der Waals surface area (Å²) in [4.78, 5) is 2.01. The molecule has 0 saturated carbocycles. The van der Waals surface area contributed by atoms with Gasteiger partial charge in [0.05, 0.1) is 6.67 Å². The fourth-order valence-corrected chi connectivity index (χ4v) is 2.41. The Bertz CT molecular complexity index is 392. The molecule has 0 bridgehead atoms. The van der Waals surface area contributed by atoms with Crippen LogP contribution < -0.4 is 5.32 Å². The number of piperazine rings is 1. The summed E-state index contributed by atoms with van der Waals surface area (Å²) in [5.41, 5.74) is 0.259. The second kappa shape index (κ2) is 6.20. The molecule has 0 aromatic heterocycles. The van der Waals surface area contributed by atoms with Crippen LogP contribution in [-0.4, -0.2) is 37.8 Å². The number of hydrogen-bond donors (Lipinski definition) is 1. The van der Waals surface area contributed by atoms with Crippen molar-refractivity contribution in [2.45, 2.75) is 12.5 Å². The van der Waals surface area contributed by atoms with Crippen LogP contribution in [0.25, 0.3) is 0 Å². The SMILES string of the molecule is FCC[C@@H](c1cccc(F)c1F)N1CCNCC1. The molecular formula is C13H17F3N2. The number of rotatable bonds is 4. The molecule has 5 heteroatoms. The minimum atomic E-state index is -0.869. The predicted octanol–water partition coefficient (Wildman–Crippen LogP) is 2.27. The average molecular weight is 258 g/mol. The van der Waals surface area contributed by atoms with E-state index in [1.54, 1.807) is 6.07 Å². The fourth-order valence-electron chi connectivity index (χ4n) is 2.41. The molecule has 1 N–H and O–H groups in total. The van der Waals surface area contributed by atoms with Crippen molar-refractivity contribution in [3.8, 4) is 0 Å². The maximum absolute atomic E-state index is 13.8. The number of hydrogen-bond acceptors (Lipinski definition) is 2. The van der Waals surface area contributed by atoms with Crippen molar-refractivity contribution in [1.82, 2.24) is 10.2 Å². The molecule has 2 nitrogen and oxygen atoms in total. The van der Waals surface area contributed by atoms with Crippen LogP contribution in [0.2, 0.25) is 0 Å². The molecule has 1 aromatic carbocycles. The van der Waals surface area contributed by atoms with Crippen LogP contribution >= 0.6 is 0 Å². The van der Waals surface area contributed by atoms with Crippen LogP contribution in [-0.2, 0) is 0 Å². The van der Waals surface area contributed by atoms with E-state index in [1.807, 2.05) is 4.90 Å². The number of alkyl halides is 1. The zero-order chi connectivity index (χ0) is 13.0. The smallest absolute Gasteiger partial charge is 0.163 e. The maximum Gasteiger partial charge on any atom is 0.163 e. The van der Waals surface area contributed by atoms with Crippen molar-refractivity contribution in [2.75, 3.05) is 32.9 Å². The lowest BCUT2D eigenvalue weighted by atomic mass is 10.0. The largest absolute Gasteiger partial charge is 0.314 e. The number of nitrogens with zero attached hydrogens (tertiary/aromatic N) is 1. The summed E-state index contributed by atoms with van der Waals surface area (Å²) in [5.74, 6) is -1.72. The van der Waals surface area contributed by atoms with Crippen molar-refractivity contribution in [1.29, 1.82) is 0 Å². The summed E-state index contributed by atoms with van der Waals surface area (Å²) in [6.45, 7) is 2.49. The Morgan fingerprint density at radius 2 is 1.94 bits per heavy atom. The van der Waals surface area contributed by atoms with Crippen molar-refractivity contribution >= 4 is 0 Å². The first-order chi connectivity index (χ1) is 8.74. The van der Waals surface area contributed by atoms with E-state index in [9.17, 15) is 13.2 Å². The Kier molecular flexibility index (Phi) is 4.60. The maximum atomic E-state index is 13.8. The first-order valence-corrected chi connectivity index (χ1v) is 6.18. The van der Waals surface area contributed by atoms with Gasteiger partial charge in [-0.2, -0.15) is 0 Å². The summed E-state index contributed by atoms with van der Waals surface area (Å²) < 4.78 is 39.7. The summed E-state index contributed by atoms with van der Waals surface area (Å²) in [7, 11) is 0. The third kappa shape index (κ3) is 2.84. The number of halogens is 3. The van der Waals surface area contributed by atoms with E-state index in [0.717, 1.165) is 32.2 Å². The Morgan fingerprint density at radius 1 is 1.22 bits per heavy atom. The van der Waals surface area contributed by atoms with Gasteiger partial charge in [-0.1, -0.05) is 12.1 Å². The molecule has 0 spiro atoms. The lowest BCUT2D eigenvalue weighted by Gasteiger charge is -2.35. The van der Waals surface area contributed by atoms with Gasteiger partial charge >= 0.3 is 0 Å². The summed E-state index contributed by atoms with van der Waals surface area (Å²) in [5, 5.41) is 3.19. The zero-order valence-electron chi connectivity index (χ0n) is 10.1. The monoisotopic (exact) mass is 258 g/mol. The molecule has 1 heterocycles. The van der Waals surface area contributed by atoms with Gasteiger partial charge in [0.15, 0.2) is 11.6 Å². The third-order valence-corrected chi connectivity index (χ3v) is 3.32. The van der Waals surface area contributed by atoms with E-state index in [0.29, 0.717) is 0 Å². The first kappa shape index (κ1) is 13.4. The number of benzene rings is 1. The molecule has 0 radical (unpaired) electrons. The van der Waals surface area contributed by atoms with Gasteiger partial charge in [0, 0.05) is 37.8 Å². The van der Waals surface area contributed by atoms with Crippen molar-refractivity contribution in [3.63, 3.8) is 0 Å². The van der Waals surface area contributed by atoms with Crippen LogP contribution in [0.5, 0.6) is 0 Å². The highest BCUT2D eigenvalue weighted by molar-refractivity contribution is 5.23. The molecule has 0 aliphatic carbocycles. The fraction of sp³-hybridized carbons (Fsp3) is 0.538. The Balaban J connectivity index is 2.25. The van der Waals surface area contributed by atoms with Gasteiger partial charge in [-0.15, -0.1) is 0 Å². The summed E-state index contributed by atoms with van der Waals surface area (Å²) >= 11 is 0. The second-order valence-corrected chi connectivity index (χ2v) is 4.42. The van der Waals surface area contributed by atoms with E-state index >= 15 is 0 Å². The van der Waals surface area contributed by atoms with Crippen LogP contribution in [0.4, 0.5) is 13.2 Å². The van der Waals surface area contributed by atoms with Gasteiger partial charge in [-0.25, -0.2) is 8.78 Å². The van der Waals surface area contributed by atoms with E-state index in [-0.39, 0.29) is 18.0 Å². The molecule has 100 valence electrons. The molecule has 1 atom stereocenters. The van der Waals surface area contributed by atoms with E-state index < -0.39 is 18.3 Å². The van der Waals surface area contributed by atoms with Gasteiger partial charge in [-0.05, 0) is 12.5 Å². The third-order valence-electron chi connectivity index (χ3n) is 3.32. The lowest BCUT2D eigenvalue weighted by Crippen LogP contribution is -2.45. The molecule has 18 heavy (non-hydrogen) atoms. The molecule has 0 unspecified atom stereocenters. The molecular weight excluding hydrogens is 241 g/mol. The molecule has 1 fully saturated rings.